The second kappa shape index (κ2) is 7.49. The standard InChI is InChI=1S/C19H24N2O3S/c1-11(21)14(9-20)15(22)10-24-18(23)17-8-12-7-13(19(2,3)4)5-6-16(12)25-17/h8,13-14,21H,5-7,10H2,1-4H3/t13-,14?/m1/s1. The molecule has 0 aromatic carbocycles. The third-order valence-corrected chi connectivity index (χ3v) is 5.96. The Morgan fingerprint density at radius 2 is 2.16 bits per heavy atom. The zero-order chi connectivity index (χ0) is 18.8. The first-order valence-corrected chi connectivity index (χ1v) is 9.21. The van der Waals surface area contributed by atoms with E-state index in [1.807, 2.05) is 6.07 Å². The summed E-state index contributed by atoms with van der Waals surface area (Å²) in [5, 5.41) is 16.3. The predicted molar refractivity (Wildman–Crippen MR) is 97.1 cm³/mol. The van der Waals surface area contributed by atoms with Crippen LogP contribution in [0.5, 0.6) is 0 Å². The number of esters is 1. The van der Waals surface area contributed by atoms with Crippen molar-refractivity contribution in [2.45, 2.75) is 47.0 Å². The number of ketones is 1. The minimum Gasteiger partial charge on any atom is -0.453 e. The summed E-state index contributed by atoms with van der Waals surface area (Å²) in [6.07, 6.45) is 3.05. The molecular formula is C19H24N2O3S. The van der Waals surface area contributed by atoms with Crippen LogP contribution in [0, 0.1) is 34.0 Å². The summed E-state index contributed by atoms with van der Waals surface area (Å²) < 4.78 is 5.07. The van der Waals surface area contributed by atoms with Gasteiger partial charge in [0.05, 0.1) is 6.07 Å². The molecule has 5 nitrogen and oxygen atoms in total. The van der Waals surface area contributed by atoms with Crippen LogP contribution < -0.4 is 0 Å². The average molecular weight is 360 g/mol. The van der Waals surface area contributed by atoms with Gasteiger partial charge in [0.25, 0.3) is 0 Å². The summed E-state index contributed by atoms with van der Waals surface area (Å²) in [6.45, 7) is 7.65. The number of nitriles is 1. The van der Waals surface area contributed by atoms with Crippen LogP contribution in [0.3, 0.4) is 0 Å². The number of Topliss-reactive ketones (excluding diaryl/α,β-unsaturated/α-hetero) is 1. The van der Waals surface area contributed by atoms with Gasteiger partial charge in [0.1, 0.15) is 10.8 Å². The van der Waals surface area contributed by atoms with Crippen LogP contribution >= 0.6 is 11.3 Å². The summed E-state index contributed by atoms with van der Waals surface area (Å²) in [4.78, 5) is 25.8. The van der Waals surface area contributed by atoms with Gasteiger partial charge >= 0.3 is 5.97 Å². The van der Waals surface area contributed by atoms with Crippen molar-refractivity contribution in [3.05, 3.63) is 21.4 Å². The van der Waals surface area contributed by atoms with Gasteiger partial charge < -0.3 is 10.1 Å². The van der Waals surface area contributed by atoms with Gasteiger partial charge in [0.2, 0.25) is 0 Å². The Kier molecular flexibility index (Phi) is 5.79. The highest BCUT2D eigenvalue weighted by Crippen LogP contribution is 2.40. The molecule has 0 saturated carbocycles. The van der Waals surface area contributed by atoms with E-state index in [0.717, 1.165) is 19.3 Å². The SMILES string of the molecule is CC(=N)C(C#N)C(=O)COC(=O)c1cc2c(s1)CC[C@@H](C(C)(C)C)C2. The topological polar surface area (TPSA) is 91.0 Å². The maximum absolute atomic E-state index is 12.2. The molecule has 6 heteroatoms. The van der Waals surface area contributed by atoms with Crippen molar-refractivity contribution >= 4 is 28.8 Å². The van der Waals surface area contributed by atoms with Crippen molar-refractivity contribution in [3.8, 4) is 6.07 Å². The molecule has 134 valence electrons. The zero-order valence-electron chi connectivity index (χ0n) is 15.1. The Balaban J connectivity index is 2.01. The molecule has 1 unspecified atom stereocenters. The van der Waals surface area contributed by atoms with Crippen LogP contribution in [0.15, 0.2) is 6.07 Å². The quantitative estimate of drug-likeness (QED) is 0.638. The highest BCUT2D eigenvalue weighted by molar-refractivity contribution is 7.14. The summed E-state index contributed by atoms with van der Waals surface area (Å²) in [5.74, 6) is -1.64. The van der Waals surface area contributed by atoms with Crippen LogP contribution in [0.25, 0.3) is 0 Å². The number of nitrogens with one attached hydrogen (secondary N) is 1. The highest BCUT2D eigenvalue weighted by Gasteiger charge is 2.31. The van der Waals surface area contributed by atoms with E-state index in [2.05, 4.69) is 20.8 Å². The molecule has 1 aliphatic rings. The minimum atomic E-state index is -1.14. The minimum absolute atomic E-state index is 0.0386. The molecule has 1 aliphatic carbocycles. The Morgan fingerprint density at radius 3 is 2.72 bits per heavy atom. The number of nitrogens with zero attached hydrogens (tertiary/aromatic N) is 1. The van der Waals surface area contributed by atoms with Gasteiger partial charge in [-0.15, -0.1) is 11.3 Å². The molecule has 0 saturated heterocycles. The van der Waals surface area contributed by atoms with Crippen molar-refractivity contribution in [1.29, 1.82) is 10.7 Å². The molecule has 0 aliphatic heterocycles. The van der Waals surface area contributed by atoms with E-state index in [1.54, 1.807) is 6.07 Å². The van der Waals surface area contributed by atoms with E-state index >= 15 is 0 Å². The Morgan fingerprint density at radius 1 is 1.48 bits per heavy atom. The zero-order valence-corrected chi connectivity index (χ0v) is 16.0. The van der Waals surface area contributed by atoms with E-state index in [4.69, 9.17) is 15.4 Å². The first-order chi connectivity index (χ1) is 11.6. The van der Waals surface area contributed by atoms with Crippen LogP contribution in [0.2, 0.25) is 0 Å². The molecule has 1 N–H and O–H groups in total. The lowest BCUT2D eigenvalue weighted by Crippen LogP contribution is -2.26. The molecule has 0 bridgehead atoms. The summed E-state index contributed by atoms with van der Waals surface area (Å²) in [5.41, 5.74) is 1.41. The number of rotatable bonds is 5. The Bertz CT molecular complexity index is 737. The summed E-state index contributed by atoms with van der Waals surface area (Å²) >= 11 is 1.44. The molecule has 0 spiro atoms. The van der Waals surface area contributed by atoms with Gasteiger partial charge in [0.15, 0.2) is 12.4 Å². The van der Waals surface area contributed by atoms with E-state index in [-0.39, 0.29) is 11.1 Å². The fraction of sp³-hybridized carbons (Fsp3) is 0.579. The van der Waals surface area contributed by atoms with Crippen molar-refractivity contribution in [2.24, 2.45) is 17.3 Å². The lowest BCUT2D eigenvalue weighted by atomic mass is 9.72. The normalized spacial score (nSPS) is 18.0. The first-order valence-electron chi connectivity index (χ1n) is 8.39. The molecule has 0 fully saturated rings. The van der Waals surface area contributed by atoms with E-state index in [0.29, 0.717) is 10.8 Å². The smallest absolute Gasteiger partial charge is 0.348 e. The molecule has 2 atom stereocenters. The third kappa shape index (κ3) is 4.55. The molecule has 1 heterocycles. The Labute approximate surface area is 152 Å². The fourth-order valence-corrected chi connectivity index (χ4v) is 4.17. The van der Waals surface area contributed by atoms with Crippen molar-refractivity contribution in [1.82, 2.24) is 0 Å². The third-order valence-electron chi connectivity index (χ3n) is 4.74. The van der Waals surface area contributed by atoms with Gasteiger partial charge in [-0.05, 0) is 49.1 Å². The second-order valence-electron chi connectivity index (χ2n) is 7.65. The number of carbonyl (C=O) groups excluding carboxylic acids is 2. The van der Waals surface area contributed by atoms with E-state index < -0.39 is 24.3 Å². The largest absolute Gasteiger partial charge is 0.453 e. The lowest BCUT2D eigenvalue weighted by molar-refractivity contribution is -0.122. The highest BCUT2D eigenvalue weighted by atomic mass is 32.1. The molecule has 0 amide bonds. The molecule has 0 radical (unpaired) electrons. The lowest BCUT2D eigenvalue weighted by Gasteiger charge is -2.33. The number of hydrogen-bond acceptors (Lipinski definition) is 6. The van der Waals surface area contributed by atoms with E-state index in [9.17, 15) is 9.59 Å². The molecule has 1 aromatic heterocycles. The number of ether oxygens (including phenoxy) is 1. The molecular weight excluding hydrogens is 336 g/mol. The summed E-state index contributed by atoms with van der Waals surface area (Å²) in [7, 11) is 0. The van der Waals surface area contributed by atoms with Crippen molar-refractivity contribution in [2.75, 3.05) is 6.61 Å². The number of thiophene rings is 1. The maximum atomic E-state index is 12.2. The second-order valence-corrected chi connectivity index (χ2v) is 8.79. The van der Waals surface area contributed by atoms with Gasteiger partial charge in [-0.3, -0.25) is 4.79 Å². The molecule has 1 aromatic rings. The van der Waals surface area contributed by atoms with Crippen molar-refractivity contribution < 1.29 is 14.3 Å². The van der Waals surface area contributed by atoms with Gasteiger partial charge in [-0.25, -0.2) is 4.79 Å². The monoisotopic (exact) mass is 360 g/mol. The number of aryl methyl sites for hydroxylation is 1. The van der Waals surface area contributed by atoms with Gasteiger partial charge in [-0.2, -0.15) is 5.26 Å². The van der Waals surface area contributed by atoms with Gasteiger partial charge in [0, 0.05) is 10.6 Å². The van der Waals surface area contributed by atoms with Crippen LogP contribution in [-0.4, -0.2) is 24.1 Å². The predicted octanol–water partition coefficient (Wildman–Crippen LogP) is 3.80. The fourth-order valence-electron chi connectivity index (χ4n) is 3.06. The molecule has 25 heavy (non-hydrogen) atoms. The number of fused-ring (bicyclic) bond motifs is 1. The summed E-state index contributed by atoms with van der Waals surface area (Å²) in [6, 6.07) is 3.64. The number of carbonyl (C=O) groups is 2. The average Bonchev–Trinajstić information content (AvgIpc) is 2.95. The van der Waals surface area contributed by atoms with E-state index in [1.165, 1.54) is 28.7 Å². The van der Waals surface area contributed by atoms with Crippen LogP contribution in [0.4, 0.5) is 0 Å². The number of hydrogen-bond donors (Lipinski definition) is 1. The Hall–Kier alpha value is -2.00. The van der Waals surface area contributed by atoms with Crippen LogP contribution in [-0.2, 0) is 22.4 Å². The molecule has 2 rings (SSSR count). The van der Waals surface area contributed by atoms with Crippen molar-refractivity contribution in [3.63, 3.8) is 0 Å². The maximum Gasteiger partial charge on any atom is 0.348 e. The first kappa shape index (κ1) is 19.3. The van der Waals surface area contributed by atoms with Crippen LogP contribution in [0.1, 0.15) is 54.2 Å². The van der Waals surface area contributed by atoms with Gasteiger partial charge in [-0.1, -0.05) is 20.8 Å².